The van der Waals surface area contributed by atoms with E-state index in [4.69, 9.17) is 0 Å². The number of rotatable bonds is 5. The molecule has 0 fully saturated rings. The number of hydrogen-bond acceptors (Lipinski definition) is 4. The van der Waals surface area contributed by atoms with E-state index in [1.165, 1.54) is 4.88 Å². The lowest BCUT2D eigenvalue weighted by Gasteiger charge is -2.11. The molecule has 0 aliphatic carbocycles. The van der Waals surface area contributed by atoms with Crippen molar-refractivity contribution in [2.45, 2.75) is 26.8 Å². The predicted molar refractivity (Wildman–Crippen MR) is 77.0 cm³/mol. The quantitative estimate of drug-likeness (QED) is 0.879. The van der Waals surface area contributed by atoms with Crippen LogP contribution in [0.3, 0.4) is 0 Å². The fourth-order valence-corrected chi connectivity index (χ4v) is 2.64. The maximum absolute atomic E-state index is 11.2. The number of aromatic carboxylic acids is 1. The molecule has 5 heteroatoms. The Labute approximate surface area is 116 Å². The molecule has 4 nitrogen and oxygen atoms in total. The van der Waals surface area contributed by atoms with Crippen LogP contribution in [0.1, 0.15) is 32.7 Å². The maximum Gasteiger partial charge on any atom is 0.337 e. The third-order valence-electron chi connectivity index (χ3n) is 2.87. The molecule has 2 rings (SSSR count). The number of thiazole rings is 1. The highest BCUT2D eigenvalue weighted by Gasteiger charge is 2.12. The molecule has 1 aromatic heterocycles. The van der Waals surface area contributed by atoms with Gasteiger partial charge in [0.25, 0.3) is 0 Å². The second-order valence-electron chi connectivity index (χ2n) is 4.23. The van der Waals surface area contributed by atoms with Gasteiger partial charge in [0.1, 0.15) is 5.01 Å². The van der Waals surface area contributed by atoms with Crippen molar-refractivity contribution >= 4 is 23.0 Å². The van der Waals surface area contributed by atoms with Gasteiger partial charge in [-0.1, -0.05) is 19.1 Å². The van der Waals surface area contributed by atoms with Crippen LogP contribution in [-0.2, 0) is 13.0 Å². The molecule has 2 N–H and O–H groups in total. The minimum atomic E-state index is -0.917. The minimum Gasteiger partial charge on any atom is -0.478 e. The predicted octanol–water partition coefficient (Wildman–Crippen LogP) is 3.32. The first-order valence-electron chi connectivity index (χ1n) is 6.12. The summed E-state index contributed by atoms with van der Waals surface area (Å²) in [7, 11) is 0. The van der Waals surface area contributed by atoms with Crippen molar-refractivity contribution in [3.63, 3.8) is 0 Å². The highest BCUT2D eigenvalue weighted by molar-refractivity contribution is 7.11. The van der Waals surface area contributed by atoms with Gasteiger partial charge in [0.05, 0.1) is 17.8 Å². The van der Waals surface area contributed by atoms with Crippen LogP contribution in [0.4, 0.5) is 5.69 Å². The molecule has 1 aromatic carbocycles. The van der Waals surface area contributed by atoms with Crippen LogP contribution < -0.4 is 5.32 Å². The summed E-state index contributed by atoms with van der Waals surface area (Å²) in [6, 6.07) is 5.26. The summed E-state index contributed by atoms with van der Waals surface area (Å²) in [4.78, 5) is 16.7. The Morgan fingerprint density at radius 2 is 2.26 bits per heavy atom. The molecule has 0 atom stereocenters. The van der Waals surface area contributed by atoms with E-state index in [0.29, 0.717) is 17.8 Å². The largest absolute Gasteiger partial charge is 0.478 e. The average Bonchev–Trinajstić information content (AvgIpc) is 2.85. The molecule has 0 saturated carbocycles. The third-order valence-corrected chi connectivity index (χ3v) is 4.01. The second-order valence-corrected chi connectivity index (χ2v) is 5.43. The number of carbonyl (C=O) groups is 1. The highest BCUT2D eigenvalue weighted by Crippen LogP contribution is 2.22. The summed E-state index contributed by atoms with van der Waals surface area (Å²) in [5.41, 5.74) is 1.89. The van der Waals surface area contributed by atoms with Gasteiger partial charge in [-0.3, -0.25) is 0 Å². The van der Waals surface area contributed by atoms with E-state index in [2.05, 4.69) is 17.2 Å². The summed E-state index contributed by atoms with van der Waals surface area (Å²) >= 11 is 1.65. The monoisotopic (exact) mass is 276 g/mol. The Morgan fingerprint density at radius 3 is 2.89 bits per heavy atom. The molecule has 0 aliphatic rings. The normalized spacial score (nSPS) is 10.4. The number of aryl methyl sites for hydroxylation is 2. The van der Waals surface area contributed by atoms with Gasteiger partial charge in [-0.15, -0.1) is 11.3 Å². The summed E-state index contributed by atoms with van der Waals surface area (Å²) in [5, 5.41) is 13.3. The molecular formula is C14H16N2O2S. The SMILES string of the molecule is CCc1cnc(CNc2c(C)cccc2C(=O)O)s1. The standard InChI is InChI=1S/C14H16N2O2S/c1-3-10-7-15-12(19-10)8-16-13-9(2)5-4-6-11(13)14(17)18/h4-7,16H,3,8H2,1-2H3,(H,17,18). The minimum absolute atomic E-state index is 0.298. The van der Waals surface area contributed by atoms with Gasteiger partial charge in [0.2, 0.25) is 0 Å². The Morgan fingerprint density at radius 1 is 1.47 bits per heavy atom. The number of para-hydroxylation sites is 1. The number of benzene rings is 1. The average molecular weight is 276 g/mol. The number of carboxylic acids is 1. The first-order valence-corrected chi connectivity index (χ1v) is 6.93. The number of nitrogens with zero attached hydrogens (tertiary/aromatic N) is 1. The lowest BCUT2D eigenvalue weighted by atomic mass is 10.1. The van der Waals surface area contributed by atoms with Crippen molar-refractivity contribution in [3.8, 4) is 0 Å². The van der Waals surface area contributed by atoms with Crippen molar-refractivity contribution in [3.05, 3.63) is 45.4 Å². The van der Waals surface area contributed by atoms with E-state index in [1.807, 2.05) is 19.2 Å². The first-order chi connectivity index (χ1) is 9.11. The van der Waals surface area contributed by atoms with Crippen molar-refractivity contribution in [2.75, 3.05) is 5.32 Å². The van der Waals surface area contributed by atoms with Gasteiger partial charge in [-0.05, 0) is 25.0 Å². The van der Waals surface area contributed by atoms with Crippen LogP contribution in [0.25, 0.3) is 0 Å². The smallest absolute Gasteiger partial charge is 0.337 e. The van der Waals surface area contributed by atoms with E-state index in [-0.39, 0.29) is 0 Å². The molecule has 0 radical (unpaired) electrons. The van der Waals surface area contributed by atoms with E-state index in [1.54, 1.807) is 23.5 Å². The van der Waals surface area contributed by atoms with Crippen molar-refractivity contribution < 1.29 is 9.90 Å². The molecule has 1 heterocycles. The Hall–Kier alpha value is -1.88. The van der Waals surface area contributed by atoms with E-state index >= 15 is 0 Å². The second kappa shape index (κ2) is 5.84. The summed E-state index contributed by atoms with van der Waals surface area (Å²) in [5.74, 6) is -0.917. The molecular weight excluding hydrogens is 260 g/mol. The van der Waals surface area contributed by atoms with Crippen molar-refractivity contribution in [2.24, 2.45) is 0 Å². The van der Waals surface area contributed by atoms with Gasteiger partial charge < -0.3 is 10.4 Å². The fraction of sp³-hybridized carbons (Fsp3) is 0.286. The first kappa shape index (κ1) is 13.5. The zero-order valence-corrected chi connectivity index (χ0v) is 11.8. The van der Waals surface area contributed by atoms with Gasteiger partial charge in [0, 0.05) is 11.1 Å². The number of nitrogens with one attached hydrogen (secondary N) is 1. The number of hydrogen-bond donors (Lipinski definition) is 2. The molecule has 2 aromatic rings. The molecule has 0 spiro atoms. The highest BCUT2D eigenvalue weighted by atomic mass is 32.1. The third kappa shape index (κ3) is 3.12. The maximum atomic E-state index is 11.2. The van der Waals surface area contributed by atoms with Crippen LogP contribution in [0.2, 0.25) is 0 Å². The summed E-state index contributed by atoms with van der Waals surface area (Å²) in [6.07, 6.45) is 2.85. The number of carboxylic acid groups (broad SMARTS) is 1. The lowest BCUT2D eigenvalue weighted by Crippen LogP contribution is -2.07. The summed E-state index contributed by atoms with van der Waals surface area (Å²) < 4.78 is 0. The van der Waals surface area contributed by atoms with E-state index in [9.17, 15) is 9.90 Å². The molecule has 0 aliphatic heterocycles. The topological polar surface area (TPSA) is 62.2 Å². The zero-order chi connectivity index (χ0) is 13.8. The van der Waals surface area contributed by atoms with E-state index in [0.717, 1.165) is 17.0 Å². The van der Waals surface area contributed by atoms with Gasteiger partial charge in [0.15, 0.2) is 0 Å². The molecule has 100 valence electrons. The van der Waals surface area contributed by atoms with Crippen molar-refractivity contribution in [1.29, 1.82) is 0 Å². The molecule has 19 heavy (non-hydrogen) atoms. The lowest BCUT2D eigenvalue weighted by molar-refractivity contribution is 0.0698. The number of aromatic nitrogens is 1. The molecule has 0 unspecified atom stereocenters. The van der Waals surface area contributed by atoms with Gasteiger partial charge >= 0.3 is 5.97 Å². The Balaban J connectivity index is 2.17. The number of anilines is 1. The summed E-state index contributed by atoms with van der Waals surface area (Å²) in [6.45, 7) is 4.54. The van der Waals surface area contributed by atoms with Crippen molar-refractivity contribution in [1.82, 2.24) is 4.98 Å². The van der Waals surface area contributed by atoms with E-state index < -0.39 is 5.97 Å². The van der Waals surface area contributed by atoms with Crippen LogP contribution in [-0.4, -0.2) is 16.1 Å². The van der Waals surface area contributed by atoms with Crippen LogP contribution >= 0.6 is 11.3 Å². The van der Waals surface area contributed by atoms with Gasteiger partial charge in [-0.25, -0.2) is 9.78 Å². The van der Waals surface area contributed by atoms with Crippen LogP contribution in [0.5, 0.6) is 0 Å². The van der Waals surface area contributed by atoms with Crippen LogP contribution in [0.15, 0.2) is 24.4 Å². The van der Waals surface area contributed by atoms with Gasteiger partial charge in [-0.2, -0.15) is 0 Å². The Bertz CT molecular complexity index is 593. The molecule has 0 bridgehead atoms. The van der Waals surface area contributed by atoms with Crippen LogP contribution in [0, 0.1) is 6.92 Å². The Kier molecular flexibility index (Phi) is 4.16. The molecule has 0 saturated heterocycles. The zero-order valence-electron chi connectivity index (χ0n) is 10.9. The molecule has 0 amide bonds. The fourth-order valence-electron chi connectivity index (χ4n) is 1.84.